The van der Waals surface area contributed by atoms with E-state index in [0.717, 1.165) is 11.3 Å². The summed E-state index contributed by atoms with van der Waals surface area (Å²) in [6.45, 7) is 0. The Morgan fingerprint density at radius 1 is 1.45 bits per heavy atom. The molecule has 4 nitrogen and oxygen atoms in total. The molecule has 0 aliphatic carbocycles. The maximum absolute atomic E-state index is 5.46. The van der Waals surface area contributed by atoms with Gasteiger partial charge in [0.05, 0.1) is 5.69 Å². The molecule has 0 amide bonds. The summed E-state index contributed by atoms with van der Waals surface area (Å²) < 4.78 is 0. The van der Waals surface area contributed by atoms with Gasteiger partial charge in [-0.15, -0.1) is 0 Å². The Kier molecular flexibility index (Phi) is 1.18. The van der Waals surface area contributed by atoms with Gasteiger partial charge in [-0.05, 0) is 6.07 Å². The predicted molar refractivity (Wildman–Crippen MR) is 42.8 cm³/mol. The molecule has 2 heterocycles. The van der Waals surface area contributed by atoms with Crippen LogP contribution in [-0.2, 0) is 0 Å². The molecular weight excluding hydrogens is 140 g/mol. The van der Waals surface area contributed by atoms with Crippen molar-refractivity contribution in [1.82, 2.24) is 15.2 Å². The number of nitrogens with two attached hydrogens (primary N) is 1. The van der Waals surface area contributed by atoms with Crippen LogP contribution in [0.15, 0.2) is 24.5 Å². The first kappa shape index (κ1) is 6.03. The lowest BCUT2D eigenvalue weighted by Gasteiger charge is -1.83. The zero-order chi connectivity index (χ0) is 7.68. The molecule has 2 aromatic heterocycles. The lowest BCUT2D eigenvalue weighted by atomic mass is 10.2. The van der Waals surface area contributed by atoms with Crippen molar-refractivity contribution in [3.05, 3.63) is 24.5 Å². The number of nitrogens with one attached hydrogen (secondary N) is 2. The van der Waals surface area contributed by atoms with Crippen LogP contribution in [0, 0.1) is 0 Å². The summed E-state index contributed by atoms with van der Waals surface area (Å²) in [5.41, 5.74) is 7.36. The van der Waals surface area contributed by atoms with Crippen molar-refractivity contribution in [2.45, 2.75) is 0 Å². The number of anilines is 1. The quantitative estimate of drug-likeness (QED) is 0.564. The summed E-state index contributed by atoms with van der Waals surface area (Å²) in [5.74, 6) is 0.584. The van der Waals surface area contributed by atoms with Crippen LogP contribution in [0.1, 0.15) is 0 Å². The molecule has 0 unspecified atom stereocenters. The average Bonchev–Trinajstić information content (AvgIpc) is 2.55. The molecule has 0 radical (unpaired) electrons. The van der Waals surface area contributed by atoms with Gasteiger partial charge in [-0.3, -0.25) is 5.10 Å². The Balaban J connectivity index is 2.45. The highest BCUT2D eigenvalue weighted by Crippen LogP contribution is 2.16. The van der Waals surface area contributed by atoms with Gasteiger partial charge in [0, 0.05) is 24.0 Å². The largest absolute Gasteiger partial charge is 0.384 e. The van der Waals surface area contributed by atoms with Gasteiger partial charge >= 0.3 is 0 Å². The smallest absolute Gasteiger partial charge is 0.119 e. The number of H-pyrrole nitrogens is 2. The Bertz CT molecular complexity index is 333. The van der Waals surface area contributed by atoms with Crippen molar-refractivity contribution in [2.75, 3.05) is 5.73 Å². The highest BCUT2D eigenvalue weighted by Gasteiger charge is 2.00. The van der Waals surface area contributed by atoms with Crippen LogP contribution < -0.4 is 5.73 Å². The molecule has 4 heteroatoms. The average molecular weight is 148 g/mol. The van der Waals surface area contributed by atoms with E-state index in [2.05, 4.69) is 15.2 Å². The van der Waals surface area contributed by atoms with E-state index in [1.807, 2.05) is 18.5 Å². The fourth-order valence-corrected chi connectivity index (χ4v) is 0.968. The third-order valence-corrected chi connectivity index (χ3v) is 1.49. The molecule has 2 aromatic rings. The molecule has 0 aliphatic rings. The van der Waals surface area contributed by atoms with Crippen molar-refractivity contribution in [3.8, 4) is 11.3 Å². The second kappa shape index (κ2) is 2.16. The summed E-state index contributed by atoms with van der Waals surface area (Å²) in [6.07, 6.45) is 3.72. The topological polar surface area (TPSA) is 70.5 Å². The van der Waals surface area contributed by atoms with Crippen LogP contribution in [0.5, 0.6) is 0 Å². The van der Waals surface area contributed by atoms with E-state index >= 15 is 0 Å². The standard InChI is InChI=1S/C7H8N4/c8-7-3-6(10-11-7)5-1-2-9-4-5/h1-4,9H,(H3,8,10,11). The van der Waals surface area contributed by atoms with Crippen LogP contribution in [0.4, 0.5) is 5.82 Å². The molecule has 0 aromatic carbocycles. The van der Waals surface area contributed by atoms with Gasteiger partial charge in [-0.1, -0.05) is 0 Å². The second-order valence-electron chi connectivity index (χ2n) is 2.31. The maximum Gasteiger partial charge on any atom is 0.119 e. The van der Waals surface area contributed by atoms with E-state index in [1.54, 1.807) is 6.07 Å². The van der Waals surface area contributed by atoms with E-state index in [9.17, 15) is 0 Å². The first-order chi connectivity index (χ1) is 5.36. The monoisotopic (exact) mass is 148 g/mol. The lowest BCUT2D eigenvalue weighted by molar-refractivity contribution is 1.10. The second-order valence-corrected chi connectivity index (χ2v) is 2.31. The van der Waals surface area contributed by atoms with Gasteiger partial charge in [-0.25, -0.2) is 0 Å². The van der Waals surface area contributed by atoms with E-state index in [4.69, 9.17) is 5.73 Å². The Hall–Kier alpha value is -1.71. The zero-order valence-corrected chi connectivity index (χ0v) is 5.83. The minimum absolute atomic E-state index is 0.584. The molecular formula is C7H8N4. The summed E-state index contributed by atoms with van der Waals surface area (Å²) in [5, 5.41) is 6.66. The zero-order valence-electron chi connectivity index (χ0n) is 5.83. The highest BCUT2D eigenvalue weighted by atomic mass is 15.2. The van der Waals surface area contributed by atoms with E-state index in [0.29, 0.717) is 5.82 Å². The molecule has 4 N–H and O–H groups in total. The van der Waals surface area contributed by atoms with Gasteiger partial charge in [0.1, 0.15) is 5.82 Å². The minimum atomic E-state index is 0.584. The van der Waals surface area contributed by atoms with E-state index < -0.39 is 0 Å². The fraction of sp³-hybridized carbons (Fsp3) is 0. The molecule has 0 saturated carbocycles. The van der Waals surface area contributed by atoms with Crippen LogP contribution >= 0.6 is 0 Å². The van der Waals surface area contributed by atoms with Crippen molar-refractivity contribution < 1.29 is 0 Å². The molecule has 0 aliphatic heterocycles. The SMILES string of the molecule is Nc1cc(-c2cc[nH]c2)n[nH]1. The van der Waals surface area contributed by atoms with Crippen molar-refractivity contribution in [2.24, 2.45) is 0 Å². The van der Waals surface area contributed by atoms with Gasteiger partial charge in [-0.2, -0.15) is 5.10 Å². The van der Waals surface area contributed by atoms with E-state index in [1.165, 1.54) is 0 Å². The number of hydrogen-bond acceptors (Lipinski definition) is 2. The Morgan fingerprint density at radius 3 is 2.91 bits per heavy atom. The molecule has 0 fully saturated rings. The predicted octanol–water partition coefficient (Wildman–Crippen LogP) is 0.987. The summed E-state index contributed by atoms with van der Waals surface area (Å²) in [4.78, 5) is 2.94. The van der Waals surface area contributed by atoms with Crippen molar-refractivity contribution in [3.63, 3.8) is 0 Å². The molecule has 2 rings (SSSR count). The third-order valence-electron chi connectivity index (χ3n) is 1.49. The number of aromatic amines is 2. The third kappa shape index (κ3) is 0.980. The van der Waals surface area contributed by atoms with E-state index in [-0.39, 0.29) is 0 Å². The van der Waals surface area contributed by atoms with Crippen LogP contribution in [-0.4, -0.2) is 15.2 Å². The molecule has 0 atom stereocenters. The number of rotatable bonds is 1. The summed E-state index contributed by atoms with van der Waals surface area (Å²) >= 11 is 0. The number of hydrogen-bond donors (Lipinski definition) is 3. The highest BCUT2D eigenvalue weighted by molar-refractivity contribution is 5.60. The molecule has 0 saturated heterocycles. The van der Waals surface area contributed by atoms with Crippen LogP contribution in [0.25, 0.3) is 11.3 Å². The Morgan fingerprint density at radius 2 is 2.36 bits per heavy atom. The summed E-state index contributed by atoms with van der Waals surface area (Å²) in [6, 6.07) is 3.73. The number of aromatic nitrogens is 3. The molecule has 56 valence electrons. The minimum Gasteiger partial charge on any atom is -0.384 e. The van der Waals surface area contributed by atoms with Crippen LogP contribution in [0.2, 0.25) is 0 Å². The molecule has 11 heavy (non-hydrogen) atoms. The van der Waals surface area contributed by atoms with Crippen molar-refractivity contribution >= 4 is 5.82 Å². The lowest BCUT2D eigenvalue weighted by Crippen LogP contribution is -1.81. The maximum atomic E-state index is 5.46. The molecule has 0 spiro atoms. The summed E-state index contributed by atoms with van der Waals surface area (Å²) in [7, 11) is 0. The van der Waals surface area contributed by atoms with Gasteiger partial charge in [0.15, 0.2) is 0 Å². The fourth-order valence-electron chi connectivity index (χ4n) is 0.968. The van der Waals surface area contributed by atoms with Crippen molar-refractivity contribution in [1.29, 1.82) is 0 Å². The first-order valence-electron chi connectivity index (χ1n) is 3.30. The number of nitrogen functional groups attached to an aromatic ring is 1. The number of nitrogens with zero attached hydrogens (tertiary/aromatic N) is 1. The first-order valence-corrected chi connectivity index (χ1v) is 3.30. The van der Waals surface area contributed by atoms with Gasteiger partial charge in [0.2, 0.25) is 0 Å². The Labute approximate surface area is 63.4 Å². The molecule has 0 bridgehead atoms. The normalized spacial score (nSPS) is 10.2. The van der Waals surface area contributed by atoms with Crippen LogP contribution in [0.3, 0.4) is 0 Å². The van der Waals surface area contributed by atoms with Gasteiger partial charge in [0.25, 0.3) is 0 Å². The van der Waals surface area contributed by atoms with Gasteiger partial charge < -0.3 is 10.7 Å².